The monoisotopic (exact) mass is 385 g/mol. The van der Waals surface area contributed by atoms with E-state index >= 15 is 0 Å². The van der Waals surface area contributed by atoms with Crippen molar-refractivity contribution in [2.45, 2.75) is 4.90 Å². The van der Waals surface area contributed by atoms with Gasteiger partial charge in [0.2, 0.25) is 0 Å². The Kier molecular flexibility index (Phi) is 5.46. The van der Waals surface area contributed by atoms with Crippen LogP contribution in [0.25, 0.3) is 0 Å². The average molecular weight is 385 g/mol. The Labute approximate surface area is 158 Å². The summed E-state index contributed by atoms with van der Waals surface area (Å²) in [6.45, 7) is 0. The molecule has 0 saturated heterocycles. The third kappa shape index (κ3) is 4.48. The van der Waals surface area contributed by atoms with Gasteiger partial charge in [-0.15, -0.1) is 0 Å². The molecule has 3 rings (SSSR count). The highest BCUT2D eigenvalue weighted by molar-refractivity contribution is 7.92. The van der Waals surface area contributed by atoms with E-state index in [0.717, 1.165) is 5.69 Å². The van der Waals surface area contributed by atoms with Crippen molar-refractivity contribution >= 4 is 27.2 Å². The Morgan fingerprint density at radius 2 is 1.67 bits per heavy atom. The summed E-state index contributed by atoms with van der Waals surface area (Å²) in [6.07, 6.45) is 1.44. The van der Waals surface area contributed by atoms with Crippen molar-refractivity contribution < 1.29 is 17.9 Å². The highest BCUT2D eigenvalue weighted by Crippen LogP contribution is 2.29. The Bertz CT molecular complexity index is 1010. The zero-order chi connectivity index (χ0) is 19.3. The first-order valence-corrected chi connectivity index (χ1v) is 9.53. The molecule has 1 aromatic heterocycles. The summed E-state index contributed by atoms with van der Waals surface area (Å²) in [4.78, 5) is 4.22. The van der Waals surface area contributed by atoms with Crippen molar-refractivity contribution in [2.24, 2.45) is 0 Å². The number of sulfonamides is 1. The fraction of sp³-hybridized carbons (Fsp3) is 0.105. The molecule has 0 radical (unpaired) electrons. The topological polar surface area (TPSA) is 89.5 Å². The van der Waals surface area contributed by atoms with Gasteiger partial charge in [-0.05, 0) is 36.4 Å². The summed E-state index contributed by atoms with van der Waals surface area (Å²) in [7, 11) is -1.00. The van der Waals surface area contributed by atoms with E-state index in [-0.39, 0.29) is 10.6 Å². The number of nitrogens with zero attached hydrogens (tertiary/aromatic N) is 1. The van der Waals surface area contributed by atoms with Gasteiger partial charge < -0.3 is 14.8 Å². The molecule has 1 heterocycles. The molecule has 0 atom stereocenters. The molecule has 0 bridgehead atoms. The van der Waals surface area contributed by atoms with Gasteiger partial charge in [0.15, 0.2) is 0 Å². The number of anilines is 3. The lowest BCUT2D eigenvalue weighted by Gasteiger charge is -2.13. The number of nitrogens with one attached hydrogen (secondary N) is 2. The maximum absolute atomic E-state index is 12.7. The highest BCUT2D eigenvalue weighted by atomic mass is 32.2. The number of hydrogen-bond acceptors (Lipinski definition) is 6. The zero-order valence-electron chi connectivity index (χ0n) is 14.8. The number of rotatable bonds is 7. The van der Waals surface area contributed by atoms with Gasteiger partial charge in [-0.3, -0.25) is 4.72 Å². The molecule has 0 unspecified atom stereocenters. The van der Waals surface area contributed by atoms with E-state index in [0.29, 0.717) is 17.3 Å². The van der Waals surface area contributed by atoms with Crippen LogP contribution in [-0.2, 0) is 10.0 Å². The molecular weight excluding hydrogens is 366 g/mol. The van der Waals surface area contributed by atoms with Crippen LogP contribution >= 0.6 is 0 Å². The summed E-state index contributed by atoms with van der Waals surface area (Å²) >= 11 is 0. The minimum atomic E-state index is -3.88. The van der Waals surface area contributed by atoms with E-state index in [2.05, 4.69) is 15.0 Å². The summed E-state index contributed by atoms with van der Waals surface area (Å²) in [5, 5.41) is 3.13. The summed E-state index contributed by atoms with van der Waals surface area (Å²) in [6, 6.07) is 17.4. The lowest BCUT2D eigenvalue weighted by Crippen LogP contribution is -2.14. The van der Waals surface area contributed by atoms with Gasteiger partial charge in [0.1, 0.15) is 22.2 Å². The molecule has 8 heteroatoms. The fourth-order valence-corrected chi connectivity index (χ4v) is 3.63. The lowest BCUT2D eigenvalue weighted by atomic mass is 10.3. The standard InChI is InChI=1S/C19H19N3O4S/c1-25-16-9-10-17(26-2)18(12-16)27(23,24)22-15-8-11-19(20-13-15)21-14-6-4-3-5-7-14/h3-13,22H,1-2H3,(H,20,21). The first-order valence-electron chi connectivity index (χ1n) is 8.05. The normalized spacial score (nSPS) is 10.9. The second-order valence-electron chi connectivity index (χ2n) is 5.55. The van der Waals surface area contributed by atoms with Gasteiger partial charge in [0, 0.05) is 11.8 Å². The molecule has 2 N–H and O–H groups in total. The van der Waals surface area contributed by atoms with Crippen LogP contribution < -0.4 is 19.5 Å². The molecule has 0 amide bonds. The largest absolute Gasteiger partial charge is 0.497 e. The van der Waals surface area contributed by atoms with Gasteiger partial charge in [-0.2, -0.15) is 0 Å². The van der Waals surface area contributed by atoms with Crippen molar-refractivity contribution in [3.05, 3.63) is 66.9 Å². The van der Waals surface area contributed by atoms with Crippen molar-refractivity contribution in [3.63, 3.8) is 0 Å². The quantitative estimate of drug-likeness (QED) is 0.645. The third-order valence-corrected chi connectivity index (χ3v) is 5.12. The van der Waals surface area contributed by atoms with Crippen LogP contribution in [0.2, 0.25) is 0 Å². The molecule has 7 nitrogen and oxygen atoms in total. The fourth-order valence-electron chi connectivity index (χ4n) is 2.40. The molecule has 0 spiro atoms. The molecule has 0 aliphatic carbocycles. The van der Waals surface area contributed by atoms with Crippen LogP contribution in [0.4, 0.5) is 17.2 Å². The Morgan fingerprint density at radius 1 is 0.889 bits per heavy atom. The smallest absolute Gasteiger partial charge is 0.265 e. The molecule has 0 fully saturated rings. The van der Waals surface area contributed by atoms with E-state index in [4.69, 9.17) is 9.47 Å². The van der Waals surface area contributed by atoms with Crippen molar-refractivity contribution in [1.29, 1.82) is 0 Å². The Hall–Kier alpha value is -3.26. The van der Waals surface area contributed by atoms with Crippen LogP contribution in [0.5, 0.6) is 11.5 Å². The van der Waals surface area contributed by atoms with Crippen molar-refractivity contribution in [1.82, 2.24) is 4.98 Å². The van der Waals surface area contributed by atoms with Gasteiger partial charge in [-0.25, -0.2) is 13.4 Å². The predicted octanol–water partition coefficient (Wildman–Crippen LogP) is 3.64. The molecule has 3 aromatic rings. The van der Waals surface area contributed by atoms with Crippen molar-refractivity contribution in [3.8, 4) is 11.5 Å². The van der Waals surface area contributed by atoms with E-state index in [1.54, 1.807) is 24.3 Å². The molecular formula is C19H19N3O4S. The van der Waals surface area contributed by atoms with E-state index in [9.17, 15) is 8.42 Å². The number of hydrogen-bond donors (Lipinski definition) is 2. The van der Waals surface area contributed by atoms with Crippen LogP contribution in [0, 0.1) is 0 Å². The van der Waals surface area contributed by atoms with Gasteiger partial charge >= 0.3 is 0 Å². The molecule has 0 aliphatic rings. The summed E-state index contributed by atoms with van der Waals surface area (Å²) in [5.41, 5.74) is 1.22. The van der Waals surface area contributed by atoms with Crippen LogP contribution in [-0.4, -0.2) is 27.6 Å². The zero-order valence-corrected chi connectivity index (χ0v) is 15.7. The number of methoxy groups -OCH3 is 2. The minimum absolute atomic E-state index is 0.0177. The SMILES string of the molecule is COc1ccc(OC)c(S(=O)(=O)Nc2ccc(Nc3ccccc3)nc2)c1. The Balaban J connectivity index is 1.80. The van der Waals surface area contributed by atoms with Gasteiger partial charge in [0.05, 0.1) is 26.1 Å². The number of ether oxygens (including phenoxy) is 2. The second kappa shape index (κ2) is 7.96. The Morgan fingerprint density at radius 3 is 2.30 bits per heavy atom. The number of aromatic nitrogens is 1. The number of benzene rings is 2. The minimum Gasteiger partial charge on any atom is -0.497 e. The van der Waals surface area contributed by atoms with Crippen LogP contribution in [0.3, 0.4) is 0 Å². The van der Waals surface area contributed by atoms with Crippen molar-refractivity contribution in [2.75, 3.05) is 24.3 Å². The van der Waals surface area contributed by atoms with E-state index < -0.39 is 10.0 Å². The van der Waals surface area contributed by atoms with Crippen LogP contribution in [0.15, 0.2) is 71.8 Å². The third-order valence-electron chi connectivity index (χ3n) is 3.72. The van der Waals surface area contributed by atoms with Gasteiger partial charge in [-0.1, -0.05) is 18.2 Å². The average Bonchev–Trinajstić information content (AvgIpc) is 2.69. The molecule has 0 saturated carbocycles. The molecule has 2 aromatic carbocycles. The maximum Gasteiger partial charge on any atom is 0.265 e. The van der Waals surface area contributed by atoms with Gasteiger partial charge in [0.25, 0.3) is 10.0 Å². The maximum atomic E-state index is 12.7. The highest BCUT2D eigenvalue weighted by Gasteiger charge is 2.21. The molecule has 27 heavy (non-hydrogen) atoms. The molecule has 140 valence electrons. The summed E-state index contributed by atoms with van der Waals surface area (Å²) < 4.78 is 38.2. The second-order valence-corrected chi connectivity index (χ2v) is 7.20. The predicted molar refractivity (Wildman–Crippen MR) is 104 cm³/mol. The number of para-hydroxylation sites is 1. The first-order chi connectivity index (χ1) is 13.0. The summed E-state index contributed by atoms with van der Waals surface area (Å²) in [5.74, 6) is 1.23. The van der Waals surface area contributed by atoms with E-state index in [1.165, 1.54) is 26.5 Å². The van der Waals surface area contributed by atoms with E-state index in [1.807, 2.05) is 30.3 Å². The lowest BCUT2D eigenvalue weighted by molar-refractivity contribution is 0.392. The molecule has 0 aliphatic heterocycles. The number of pyridine rings is 1. The first kappa shape index (κ1) is 18.5. The van der Waals surface area contributed by atoms with Crippen LogP contribution in [0.1, 0.15) is 0 Å².